The van der Waals surface area contributed by atoms with Gasteiger partial charge in [-0.05, 0) is 52.2 Å². The van der Waals surface area contributed by atoms with Gasteiger partial charge in [-0.25, -0.2) is 0 Å². The summed E-state index contributed by atoms with van der Waals surface area (Å²) in [4.78, 5) is 28.1. The van der Waals surface area contributed by atoms with E-state index in [1.807, 2.05) is 43.3 Å². The largest absolute Gasteiger partial charge is 0.375 e. The Labute approximate surface area is 175 Å². The number of amides is 1. The lowest BCUT2D eigenvalue weighted by Crippen LogP contribution is -2.41. The molecule has 0 saturated heterocycles. The summed E-state index contributed by atoms with van der Waals surface area (Å²) in [6, 6.07) is 18.5. The van der Waals surface area contributed by atoms with E-state index in [1.165, 1.54) is 11.3 Å². The number of carbonyl (C=O) groups excluding carboxylic acids is 2. The summed E-state index contributed by atoms with van der Waals surface area (Å²) in [6.07, 6.45) is -0.278. The molecule has 0 saturated carbocycles. The van der Waals surface area contributed by atoms with Crippen LogP contribution in [0.15, 0.2) is 64.5 Å². The van der Waals surface area contributed by atoms with Crippen molar-refractivity contribution in [1.82, 2.24) is 0 Å². The normalized spacial score (nSPS) is 18.4. The van der Waals surface area contributed by atoms with Gasteiger partial charge in [0.2, 0.25) is 0 Å². The molecular weight excluding hydrogens is 438 g/mol. The monoisotopic (exact) mass is 455 g/mol. The van der Waals surface area contributed by atoms with E-state index in [-0.39, 0.29) is 12.2 Å². The Balaban J connectivity index is 1.70. The molecule has 0 fully saturated rings. The van der Waals surface area contributed by atoms with Crippen molar-refractivity contribution in [2.24, 2.45) is 0 Å². The van der Waals surface area contributed by atoms with Crippen molar-refractivity contribution in [1.29, 1.82) is 0 Å². The number of carbonyl (C=O) groups is 2. The Morgan fingerprint density at radius 1 is 1.11 bits per heavy atom. The van der Waals surface area contributed by atoms with Crippen LogP contribution in [-0.2, 0) is 16.9 Å². The molecule has 3 aromatic rings. The summed E-state index contributed by atoms with van der Waals surface area (Å²) < 4.78 is 0.835. The van der Waals surface area contributed by atoms with Crippen LogP contribution in [0.25, 0.3) is 0 Å². The second-order valence-electron chi connectivity index (χ2n) is 6.90. The summed E-state index contributed by atoms with van der Waals surface area (Å²) in [6.45, 7) is 2.34. The fourth-order valence-corrected chi connectivity index (χ4v) is 4.90. The summed E-state index contributed by atoms with van der Waals surface area (Å²) in [5.74, 6) is -0.708. The average Bonchev–Trinajstić information content (AvgIpc) is 3.20. The summed E-state index contributed by atoms with van der Waals surface area (Å²) >= 11 is 4.64. The minimum atomic E-state index is -1.85. The van der Waals surface area contributed by atoms with Crippen molar-refractivity contribution in [2.45, 2.75) is 25.5 Å². The summed E-state index contributed by atoms with van der Waals surface area (Å²) in [5.41, 5.74) is 1.36. The molecular formula is C22H18BrNO3S. The molecule has 142 valence electrons. The van der Waals surface area contributed by atoms with Gasteiger partial charge in [-0.3, -0.25) is 9.59 Å². The second kappa shape index (κ2) is 7.28. The number of benzene rings is 2. The quantitative estimate of drug-likeness (QED) is 0.560. The maximum atomic E-state index is 13.3. The fourth-order valence-electron chi connectivity index (χ4n) is 3.58. The molecule has 1 unspecified atom stereocenters. The molecule has 4 rings (SSSR count). The topological polar surface area (TPSA) is 57.6 Å². The lowest BCUT2D eigenvalue weighted by atomic mass is 9.89. The highest BCUT2D eigenvalue weighted by Crippen LogP contribution is 2.44. The van der Waals surface area contributed by atoms with Gasteiger partial charge in [-0.2, -0.15) is 0 Å². The molecule has 4 nitrogen and oxygen atoms in total. The number of Topliss-reactive ketones (excluding diaryl/α,β-unsaturated/α-hetero) is 1. The Morgan fingerprint density at radius 3 is 2.54 bits per heavy atom. The highest BCUT2D eigenvalue weighted by molar-refractivity contribution is 9.11. The van der Waals surface area contributed by atoms with Crippen LogP contribution in [0.5, 0.6) is 0 Å². The van der Waals surface area contributed by atoms with Crippen LogP contribution in [0, 0.1) is 6.92 Å². The molecule has 0 aliphatic carbocycles. The van der Waals surface area contributed by atoms with Crippen LogP contribution in [0.3, 0.4) is 0 Å². The summed E-state index contributed by atoms with van der Waals surface area (Å²) in [7, 11) is 0. The van der Waals surface area contributed by atoms with Gasteiger partial charge in [-0.1, -0.05) is 42.5 Å². The van der Waals surface area contributed by atoms with Gasteiger partial charge in [-0.15, -0.1) is 11.3 Å². The van der Waals surface area contributed by atoms with Crippen molar-refractivity contribution < 1.29 is 14.7 Å². The molecule has 28 heavy (non-hydrogen) atoms. The average molecular weight is 456 g/mol. The Bertz CT molecular complexity index is 1080. The third-order valence-electron chi connectivity index (χ3n) is 5.09. The van der Waals surface area contributed by atoms with Gasteiger partial charge in [0, 0.05) is 5.56 Å². The number of thiophene rings is 1. The van der Waals surface area contributed by atoms with E-state index in [4.69, 9.17) is 0 Å². The zero-order valence-electron chi connectivity index (χ0n) is 15.2. The van der Waals surface area contributed by atoms with Crippen LogP contribution in [0.4, 0.5) is 5.69 Å². The Hall–Kier alpha value is -2.28. The molecule has 1 aromatic heterocycles. The summed E-state index contributed by atoms with van der Waals surface area (Å²) in [5, 5.41) is 11.3. The van der Waals surface area contributed by atoms with E-state index in [1.54, 1.807) is 29.2 Å². The van der Waals surface area contributed by atoms with E-state index < -0.39 is 11.5 Å². The van der Waals surface area contributed by atoms with Gasteiger partial charge in [0.1, 0.15) is 0 Å². The number of nitrogens with zero attached hydrogens (tertiary/aromatic N) is 1. The second-order valence-corrected chi connectivity index (χ2v) is 9.36. The number of aryl methyl sites for hydroxylation is 1. The minimum absolute atomic E-state index is 0.251. The predicted molar refractivity (Wildman–Crippen MR) is 114 cm³/mol. The molecule has 1 amide bonds. The van der Waals surface area contributed by atoms with Crippen molar-refractivity contribution in [2.75, 3.05) is 4.90 Å². The molecule has 2 heterocycles. The molecule has 1 aliphatic heterocycles. The van der Waals surface area contributed by atoms with Gasteiger partial charge >= 0.3 is 0 Å². The molecule has 0 spiro atoms. The highest BCUT2D eigenvalue weighted by atomic mass is 79.9. The first-order chi connectivity index (χ1) is 13.4. The Morgan fingerprint density at radius 2 is 1.82 bits per heavy atom. The molecule has 1 N–H and O–H groups in total. The van der Waals surface area contributed by atoms with Gasteiger partial charge in [0.05, 0.1) is 27.3 Å². The molecule has 0 bridgehead atoms. The van der Waals surface area contributed by atoms with Crippen molar-refractivity contribution >= 4 is 44.6 Å². The molecule has 0 radical (unpaired) electrons. The molecule has 1 atom stereocenters. The third-order valence-corrected chi connectivity index (χ3v) is 6.76. The van der Waals surface area contributed by atoms with Crippen molar-refractivity contribution in [3.05, 3.63) is 86.0 Å². The maximum absolute atomic E-state index is 13.3. The number of ketones is 1. The van der Waals surface area contributed by atoms with Crippen LogP contribution in [-0.4, -0.2) is 16.8 Å². The SMILES string of the molecule is Cc1ccccc1CN1C(=O)C(O)(CC(=O)c2ccc(Br)s2)c2ccccc21. The number of para-hydroxylation sites is 1. The predicted octanol–water partition coefficient (Wildman–Crippen LogP) is 4.83. The molecule has 2 aromatic carbocycles. The van der Waals surface area contributed by atoms with Crippen LogP contribution in [0.2, 0.25) is 0 Å². The van der Waals surface area contributed by atoms with Crippen LogP contribution < -0.4 is 4.90 Å². The van der Waals surface area contributed by atoms with E-state index >= 15 is 0 Å². The van der Waals surface area contributed by atoms with Gasteiger partial charge in [0.15, 0.2) is 11.4 Å². The maximum Gasteiger partial charge on any atom is 0.264 e. The Kier molecular flexibility index (Phi) is 4.95. The number of fused-ring (bicyclic) bond motifs is 1. The molecule has 1 aliphatic rings. The lowest BCUT2D eigenvalue weighted by molar-refractivity contribution is -0.136. The zero-order chi connectivity index (χ0) is 19.9. The first-order valence-electron chi connectivity index (χ1n) is 8.87. The van der Waals surface area contributed by atoms with Crippen molar-refractivity contribution in [3.63, 3.8) is 0 Å². The standard InChI is InChI=1S/C22H18BrNO3S/c1-14-6-2-3-7-15(14)13-24-17-9-5-4-8-16(17)22(27,21(24)26)12-18(25)19-10-11-20(23)28-19/h2-11,27H,12-13H2,1H3. The minimum Gasteiger partial charge on any atom is -0.375 e. The number of hydrogen-bond acceptors (Lipinski definition) is 4. The van der Waals surface area contributed by atoms with Crippen LogP contribution >= 0.6 is 27.3 Å². The zero-order valence-corrected chi connectivity index (χ0v) is 17.6. The highest BCUT2D eigenvalue weighted by Gasteiger charge is 2.50. The van der Waals surface area contributed by atoms with Gasteiger partial charge < -0.3 is 10.0 Å². The smallest absolute Gasteiger partial charge is 0.264 e. The first kappa shape index (κ1) is 19.1. The fraction of sp³-hybridized carbons (Fsp3) is 0.182. The van der Waals surface area contributed by atoms with Crippen LogP contribution in [0.1, 0.15) is 32.8 Å². The number of rotatable bonds is 5. The number of halogens is 1. The number of anilines is 1. The first-order valence-corrected chi connectivity index (χ1v) is 10.5. The van der Waals surface area contributed by atoms with Crippen molar-refractivity contribution in [3.8, 4) is 0 Å². The number of hydrogen-bond donors (Lipinski definition) is 1. The molecule has 6 heteroatoms. The van der Waals surface area contributed by atoms with E-state index in [0.29, 0.717) is 22.7 Å². The number of aliphatic hydroxyl groups is 1. The third kappa shape index (κ3) is 3.21. The lowest BCUT2D eigenvalue weighted by Gasteiger charge is -2.23. The van der Waals surface area contributed by atoms with Gasteiger partial charge in [0.25, 0.3) is 5.91 Å². The van der Waals surface area contributed by atoms with E-state index in [9.17, 15) is 14.7 Å². The van der Waals surface area contributed by atoms with E-state index in [0.717, 1.165) is 14.9 Å². The van der Waals surface area contributed by atoms with E-state index in [2.05, 4.69) is 15.9 Å².